The quantitative estimate of drug-likeness (QED) is 0.710. The summed E-state index contributed by atoms with van der Waals surface area (Å²) in [5.41, 5.74) is 1.19. The predicted molar refractivity (Wildman–Crippen MR) is 71.9 cm³/mol. The molecule has 0 aliphatic carbocycles. The fourth-order valence-electron chi connectivity index (χ4n) is 2.16. The van der Waals surface area contributed by atoms with Crippen LogP contribution in [0.25, 0.3) is 10.9 Å². The Bertz CT molecular complexity index is 829. The number of imidazole rings is 1. The summed E-state index contributed by atoms with van der Waals surface area (Å²) >= 11 is 0. The van der Waals surface area contributed by atoms with Crippen molar-refractivity contribution in [2.24, 2.45) is 7.05 Å². The van der Waals surface area contributed by atoms with Gasteiger partial charge >= 0.3 is 5.97 Å². The molecule has 0 spiro atoms. The van der Waals surface area contributed by atoms with Crippen molar-refractivity contribution in [3.05, 3.63) is 53.7 Å². The molecule has 6 nitrogen and oxygen atoms in total. The Balaban J connectivity index is 2.11. The molecule has 2 aromatic heterocycles. The minimum absolute atomic E-state index is 0.104. The average Bonchev–Trinajstić information content (AvgIpc) is 3.01. The van der Waals surface area contributed by atoms with E-state index in [1.807, 2.05) is 24.3 Å². The van der Waals surface area contributed by atoms with Crippen LogP contribution in [0.1, 0.15) is 26.7 Å². The van der Waals surface area contributed by atoms with Crippen molar-refractivity contribution < 1.29 is 14.7 Å². The topological polar surface area (TPSA) is 88.0 Å². The molecular weight excluding hydrogens is 258 g/mol. The third kappa shape index (κ3) is 1.78. The van der Waals surface area contributed by atoms with E-state index >= 15 is 0 Å². The van der Waals surface area contributed by atoms with Gasteiger partial charge in [-0.1, -0.05) is 18.2 Å². The van der Waals surface area contributed by atoms with E-state index in [1.165, 1.54) is 10.8 Å². The summed E-state index contributed by atoms with van der Waals surface area (Å²) in [6.07, 6.45) is 2.94. The van der Waals surface area contributed by atoms with Crippen LogP contribution >= 0.6 is 0 Å². The summed E-state index contributed by atoms with van der Waals surface area (Å²) in [7, 11) is 1.60. The van der Waals surface area contributed by atoms with E-state index < -0.39 is 5.97 Å². The number of aryl methyl sites for hydroxylation is 1. The molecular formula is C14H11N3O3. The van der Waals surface area contributed by atoms with Gasteiger partial charge in [0.1, 0.15) is 0 Å². The van der Waals surface area contributed by atoms with Crippen LogP contribution in [0, 0.1) is 0 Å². The van der Waals surface area contributed by atoms with E-state index in [4.69, 9.17) is 5.11 Å². The molecule has 0 unspecified atom stereocenters. The number of aromatic nitrogens is 3. The molecule has 0 radical (unpaired) electrons. The van der Waals surface area contributed by atoms with Gasteiger partial charge in [-0.05, 0) is 6.07 Å². The van der Waals surface area contributed by atoms with E-state index in [1.54, 1.807) is 13.2 Å². The standard InChI is InChI=1S/C14H11N3O3/c1-17-7-11(14(19)20)16-13(17)12(18)9-6-15-10-5-3-2-4-8(9)10/h2-7,15H,1H3,(H,19,20). The van der Waals surface area contributed by atoms with Crippen molar-refractivity contribution >= 4 is 22.7 Å². The van der Waals surface area contributed by atoms with Gasteiger partial charge < -0.3 is 14.7 Å². The number of para-hydroxylation sites is 1. The van der Waals surface area contributed by atoms with Gasteiger partial charge in [0, 0.05) is 30.3 Å². The molecule has 0 atom stereocenters. The Labute approximate surface area is 113 Å². The van der Waals surface area contributed by atoms with Crippen LogP contribution in [0.3, 0.4) is 0 Å². The monoisotopic (exact) mass is 269 g/mol. The number of nitrogens with zero attached hydrogens (tertiary/aromatic N) is 2. The maximum absolute atomic E-state index is 12.5. The van der Waals surface area contributed by atoms with Gasteiger partial charge in [0.25, 0.3) is 0 Å². The number of aromatic carboxylic acids is 1. The number of ketones is 1. The summed E-state index contributed by atoms with van der Waals surface area (Å²) in [6.45, 7) is 0. The van der Waals surface area contributed by atoms with Gasteiger partial charge in [0.05, 0.1) is 5.56 Å². The number of carbonyl (C=O) groups excluding carboxylic acids is 1. The number of hydrogen-bond donors (Lipinski definition) is 2. The van der Waals surface area contributed by atoms with Crippen LogP contribution in [0.5, 0.6) is 0 Å². The molecule has 2 heterocycles. The fraction of sp³-hybridized carbons (Fsp3) is 0.0714. The van der Waals surface area contributed by atoms with Crippen LogP contribution in [-0.4, -0.2) is 31.4 Å². The van der Waals surface area contributed by atoms with Gasteiger partial charge in [-0.15, -0.1) is 0 Å². The molecule has 0 fully saturated rings. The normalized spacial score (nSPS) is 10.8. The SMILES string of the molecule is Cn1cc(C(=O)O)nc1C(=O)c1c[nH]c2ccccc12. The molecule has 6 heteroatoms. The summed E-state index contributed by atoms with van der Waals surface area (Å²) in [5, 5.41) is 9.70. The van der Waals surface area contributed by atoms with Gasteiger partial charge in [0.15, 0.2) is 11.5 Å². The lowest BCUT2D eigenvalue weighted by atomic mass is 10.1. The smallest absolute Gasteiger partial charge is 0.356 e. The van der Waals surface area contributed by atoms with Gasteiger partial charge in [-0.3, -0.25) is 4.79 Å². The summed E-state index contributed by atoms with van der Waals surface area (Å²) in [5.74, 6) is -1.36. The Morgan fingerprint density at radius 3 is 2.75 bits per heavy atom. The fourth-order valence-corrected chi connectivity index (χ4v) is 2.16. The molecule has 3 rings (SSSR count). The summed E-state index contributed by atoms with van der Waals surface area (Å²) in [6, 6.07) is 7.41. The first-order valence-corrected chi connectivity index (χ1v) is 5.95. The molecule has 0 aliphatic heterocycles. The Morgan fingerprint density at radius 1 is 1.30 bits per heavy atom. The first-order chi connectivity index (χ1) is 9.58. The third-order valence-corrected chi connectivity index (χ3v) is 3.13. The molecule has 1 aromatic carbocycles. The Kier molecular flexibility index (Phi) is 2.64. The van der Waals surface area contributed by atoms with Crippen LogP contribution in [0.2, 0.25) is 0 Å². The number of H-pyrrole nitrogens is 1. The number of carboxylic acids is 1. The summed E-state index contributed by atoms with van der Waals surface area (Å²) in [4.78, 5) is 30.3. The van der Waals surface area contributed by atoms with E-state index in [2.05, 4.69) is 9.97 Å². The van der Waals surface area contributed by atoms with Gasteiger partial charge in [-0.25, -0.2) is 9.78 Å². The maximum atomic E-state index is 12.5. The Morgan fingerprint density at radius 2 is 2.05 bits per heavy atom. The molecule has 20 heavy (non-hydrogen) atoms. The number of fused-ring (bicyclic) bond motifs is 1. The Hall–Kier alpha value is -2.89. The highest BCUT2D eigenvalue weighted by atomic mass is 16.4. The van der Waals surface area contributed by atoms with Crippen LogP contribution < -0.4 is 0 Å². The highest BCUT2D eigenvalue weighted by Crippen LogP contribution is 2.20. The van der Waals surface area contributed by atoms with Gasteiger partial charge in [-0.2, -0.15) is 0 Å². The molecule has 0 saturated heterocycles. The van der Waals surface area contributed by atoms with E-state index in [-0.39, 0.29) is 17.3 Å². The van der Waals surface area contributed by atoms with Gasteiger partial charge in [0.2, 0.25) is 5.78 Å². The molecule has 0 amide bonds. The first kappa shape index (κ1) is 12.2. The second kappa shape index (κ2) is 4.34. The number of hydrogen-bond acceptors (Lipinski definition) is 3. The number of benzene rings is 1. The first-order valence-electron chi connectivity index (χ1n) is 5.95. The maximum Gasteiger partial charge on any atom is 0.356 e. The molecule has 2 N–H and O–H groups in total. The second-order valence-corrected chi connectivity index (χ2v) is 4.44. The molecule has 0 aliphatic rings. The minimum atomic E-state index is -1.15. The molecule has 3 aromatic rings. The lowest BCUT2D eigenvalue weighted by molar-refractivity contribution is 0.0691. The van der Waals surface area contributed by atoms with E-state index in [9.17, 15) is 9.59 Å². The molecule has 0 saturated carbocycles. The number of carbonyl (C=O) groups is 2. The average molecular weight is 269 g/mol. The van der Waals surface area contributed by atoms with E-state index in [0.29, 0.717) is 5.56 Å². The largest absolute Gasteiger partial charge is 0.476 e. The zero-order chi connectivity index (χ0) is 14.3. The van der Waals surface area contributed by atoms with Crippen molar-refractivity contribution in [3.63, 3.8) is 0 Å². The van der Waals surface area contributed by atoms with Crippen LogP contribution in [0.15, 0.2) is 36.7 Å². The summed E-state index contributed by atoms with van der Waals surface area (Å²) < 4.78 is 1.42. The zero-order valence-corrected chi connectivity index (χ0v) is 10.6. The number of nitrogens with one attached hydrogen (secondary N) is 1. The van der Waals surface area contributed by atoms with Crippen LogP contribution in [0.4, 0.5) is 0 Å². The predicted octanol–water partition coefficient (Wildman–Crippen LogP) is 1.83. The highest BCUT2D eigenvalue weighted by molar-refractivity contribution is 6.15. The minimum Gasteiger partial charge on any atom is -0.476 e. The van der Waals surface area contributed by atoms with Crippen molar-refractivity contribution in [2.45, 2.75) is 0 Å². The van der Waals surface area contributed by atoms with Crippen molar-refractivity contribution in [3.8, 4) is 0 Å². The lowest BCUT2D eigenvalue weighted by Gasteiger charge is -1.99. The molecule has 0 bridgehead atoms. The number of carboxylic acid groups (broad SMARTS) is 1. The van der Waals surface area contributed by atoms with Crippen LogP contribution in [-0.2, 0) is 7.05 Å². The molecule has 100 valence electrons. The zero-order valence-electron chi connectivity index (χ0n) is 10.6. The third-order valence-electron chi connectivity index (χ3n) is 3.13. The number of aromatic amines is 1. The number of rotatable bonds is 3. The van der Waals surface area contributed by atoms with Crippen molar-refractivity contribution in [1.82, 2.24) is 14.5 Å². The van der Waals surface area contributed by atoms with Crippen molar-refractivity contribution in [1.29, 1.82) is 0 Å². The second-order valence-electron chi connectivity index (χ2n) is 4.44. The van der Waals surface area contributed by atoms with Crippen molar-refractivity contribution in [2.75, 3.05) is 0 Å². The van der Waals surface area contributed by atoms with E-state index in [0.717, 1.165) is 10.9 Å². The lowest BCUT2D eigenvalue weighted by Crippen LogP contribution is -2.08. The highest BCUT2D eigenvalue weighted by Gasteiger charge is 2.21.